The van der Waals surface area contributed by atoms with Gasteiger partial charge in [0.1, 0.15) is 43.0 Å². The minimum absolute atomic E-state index is 0.143. The highest BCUT2D eigenvalue weighted by molar-refractivity contribution is 7.09. The van der Waals surface area contributed by atoms with E-state index in [0.29, 0.717) is 42.0 Å². The summed E-state index contributed by atoms with van der Waals surface area (Å²) in [5.74, 6) is -3.31. The Balaban J connectivity index is 2.90. The molecule has 0 amide bonds. The van der Waals surface area contributed by atoms with E-state index in [-0.39, 0.29) is 6.61 Å². The molecule has 0 saturated heterocycles. The van der Waals surface area contributed by atoms with Crippen molar-refractivity contribution in [2.45, 2.75) is 126 Å². The zero-order chi connectivity index (χ0) is 43.2. The van der Waals surface area contributed by atoms with Gasteiger partial charge in [-0.15, -0.1) is 11.3 Å². The third-order valence-electron chi connectivity index (χ3n) is 8.15. The Labute approximate surface area is 362 Å². The van der Waals surface area contributed by atoms with Crippen molar-refractivity contribution in [2.24, 2.45) is 17.3 Å². The molecule has 0 aromatic carbocycles. The Morgan fingerprint density at radius 1 is 0.893 bits per heavy atom. The Morgan fingerprint density at radius 3 is 2.02 bits per heavy atom. The number of nitrogens with zero attached hydrogens (tertiary/aromatic N) is 1. The molecule has 0 spiro atoms. The van der Waals surface area contributed by atoms with Gasteiger partial charge in [-0.05, 0) is 91.7 Å². The van der Waals surface area contributed by atoms with E-state index in [0.717, 1.165) is 5.57 Å². The average molecular weight is 931 g/mol. The van der Waals surface area contributed by atoms with Crippen LogP contribution in [0, 0.1) is 17.3 Å². The van der Waals surface area contributed by atoms with Gasteiger partial charge in [-0.2, -0.15) is 0 Å². The number of rotatable bonds is 20. The zero-order valence-electron chi connectivity index (χ0n) is 32.9. The van der Waals surface area contributed by atoms with Crippen LogP contribution in [0.25, 0.3) is 6.08 Å². The van der Waals surface area contributed by atoms with E-state index in [2.05, 4.69) is 4.98 Å². The lowest BCUT2D eigenvalue weighted by atomic mass is 9.73. The summed E-state index contributed by atoms with van der Waals surface area (Å²) in [6, 6.07) is 0. The van der Waals surface area contributed by atoms with E-state index >= 15 is 0 Å². The highest BCUT2D eigenvalue weighted by Crippen LogP contribution is 2.33. The summed E-state index contributed by atoms with van der Waals surface area (Å²) in [6.45, 7) is 13.7. The molecule has 1 aromatic rings. The smallest absolute Gasteiger partial charge is 0.460 e. The molecule has 0 aliphatic heterocycles. The number of carbonyl (C=O) groups excluding carboxylic acids is 5. The van der Waals surface area contributed by atoms with Crippen LogP contribution in [0.3, 0.4) is 0 Å². The molecule has 1 N–H and O–H groups in total. The standard InChI is InChI=1S/C37H51Cl6NO11S/c1-21(13-14-26(45)23(3)15-25-18-56-28(44-25)17-51-32(49)52-19-36(38,39)40)11-10-12-22(2)30(54-33(50)53-20-37(41,42)43)24(4)31(48)35(8,9)27(46)16-29(47)55-34(5,6)7/h13,15,18,22,24,26,30,45H,10-12,14,16-17,19-20H2,1-9H3/b21-13-,23-15+/t22-,24+,26-,30-/m0/s1. The third kappa shape index (κ3) is 21.2. The fourth-order valence-corrected chi connectivity index (χ4v) is 6.13. The Morgan fingerprint density at radius 2 is 1.46 bits per heavy atom. The number of hydrogen-bond donors (Lipinski definition) is 1. The number of halogens is 6. The van der Waals surface area contributed by atoms with Crippen molar-refractivity contribution >= 4 is 117 Å². The van der Waals surface area contributed by atoms with Crippen LogP contribution in [-0.4, -0.2) is 78.5 Å². The van der Waals surface area contributed by atoms with E-state index in [1.807, 2.05) is 13.0 Å². The Bertz CT molecular complexity index is 1560. The van der Waals surface area contributed by atoms with E-state index in [1.54, 1.807) is 53.0 Å². The number of thiazole rings is 1. The minimum Gasteiger partial charge on any atom is -0.460 e. The van der Waals surface area contributed by atoms with Crippen LogP contribution in [0.15, 0.2) is 22.6 Å². The first-order valence-corrected chi connectivity index (χ1v) is 20.7. The molecular formula is C37H51Cl6NO11S. The molecule has 4 atom stereocenters. The molecule has 0 bridgehead atoms. The Hall–Kier alpha value is -1.84. The second-order valence-electron chi connectivity index (χ2n) is 14.9. The van der Waals surface area contributed by atoms with Crippen molar-refractivity contribution < 1.29 is 52.8 Å². The lowest BCUT2D eigenvalue weighted by molar-refractivity contribution is -0.158. The van der Waals surface area contributed by atoms with E-state index < -0.39 is 92.1 Å². The molecule has 0 saturated carbocycles. The Kier molecular flexibility index (Phi) is 21.5. The van der Waals surface area contributed by atoms with Crippen LogP contribution in [0.2, 0.25) is 0 Å². The van der Waals surface area contributed by atoms with Crippen molar-refractivity contribution in [1.29, 1.82) is 0 Å². The number of aliphatic hydroxyl groups excluding tert-OH is 1. The summed E-state index contributed by atoms with van der Waals surface area (Å²) >= 11 is 35.1. The first-order valence-electron chi connectivity index (χ1n) is 17.5. The van der Waals surface area contributed by atoms with E-state index in [1.165, 1.54) is 25.2 Å². The number of allylic oxidation sites excluding steroid dienone is 1. The molecule has 12 nitrogen and oxygen atoms in total. The first kappa shape index (κ1) is 52.2. The van der Waals surface area contributed by atoms with Crippen LogP contribution < -0.4 is 0 Å². The predicted octanol–water partition coefficient (Wildman–Crippen LogP) is 10.5. The number of aromatic nitrogens is 1. The van der Waals surface area contributed by atoms with Gasteiger partial charge in [0.2, 0.25) is 7.59 Å². The van der Waals surface area contributed by atoms with Crippen molar-refractivity contribution in [2.75, 3.05) is 13.2 Å². The monoisotopic (exact) mass is 927 g/mol. The fraction of sp³-hybridized carbons (Fsp3) is 0.676. The molecule has 0 unspecified atom stereocenters. The van der Waals surface area contributed by atoms with Crippen molar-refractivity contribution in [1.82, 2.24) is 4.98 Å². The average Bonchev–Trinajstić information content (AvgIpc) is 3.51. The third-order valence-corrected chi connectivity index (χ3v) is 9.64. The zero-order valence-corrected chi connectivity index (χ0v) is 38.2. The van der Waals surface area contributed by atoms with Gasteiger partial charge in [-0.1, -0.05) is 95.1 Å². The normalized spacial score (nSPS) is 15.3. The molecular weight excluding hydrogens is 879 g/mol. The number of ether oxygens (including phenoxy) is 5. The summed E-state index contributed by atoms with van der Waals surface area (Å²) in [5.41, 5.74) is -0.184. The fourth-order valence-electron chi connectivity index (χ4n) is 5.14. The van der Waals surface area contributed by atoms with E-state index in [4.69, 9.17) is 93.3 Å². The lowest BCUT2D eigenvalue weighted by Gasteiger charge is -2.33. The van der Waals surface area contributed by atoms with Gasteiger partial charge in [0.25, 0.3) is 0 Å². The van der Waals surface area contributed by atoms with Crippen LogP contribution in [0.1, 0.15) is 105 Å². The van der Waals surface area contributed by atoms with Gasteiger partial charge in [0, 0.05) is 5.38 Å². The minimum atomic E-state index is -1.89. The second kappa shape index (κ2) is 23.1. The summed E-state index contributed by atoms with van der Waals surface area (Å²) in [7, 11) is 0. The van der Waals surface area contributed by atoms with Crippen LogP contribution in [0.4, 0.5) is 9.59 Å². The molecule has 0 radical (unpaired) electrons. The van der Waals surface area contributed by atoms with Gasteiger partial charge in [0.05, 0.1) is 23.1 Å². The number of aliphatic hydroxyl groups is 1. The van der Waals surface area contributed by atoms with Crippen LogP contribution >= 0.6 is 80.9 Å². The SMILES string of the molecule is C/C(=C/C[C@H](O)/C(C)=C/c1csc(COC(=O)OCC(Cl)(Cl)Cl)n1)CCC[C@H](C)[C@H](OC(=O)OCC(Cl)(Cl)Cl)[C@@H](C)C(=O)C(C)(C)C(=O)CC(=O)OC(C)(C)C. The molecule has 1 rings (SSSR count). The number of ketones is 2. The largest absolute Gasteiger partial charge is 0.508 e. The molecule has 1 heterocycles. The summed E-state index contributed by atoms with van der Waals surface area (Å²) in [4.78, 5) is 68.0. The quantitative estimate of drug-likeness (QED) is 0.0433. The number of Topliss-reactive ketones (excluding diaryl/α,β-unsaturated/α-hetero) is 2. The molecule has 0 aliphatic rings. The molecule has 19 heteroatoms. The maximum atomic E-state index is 13.8. The molecule has 0 fully saturated rings. The highest BCUT2D eigenvalue weighted by Gasteiger charge is 2.44. The molecule has 318 valence electrons. The highest BCUT2D eigenvalue weighted by atomic mass is 35.6. The van der Waals surface area contributed by atoms with Crippen molar-refractivity contribution in [3.63, 3.8) is 0 Å². The second-order valence-corrected chi connectivity index (χ2v) is 20.8. The molecule has 0 aliphatic carbocycles. The van der Waals surface area contributed by atoms with Gasteiger partial charge in [-0.25, -0.2) is 14.6 Å². The number of alkyl halides is 6. The van der Waals surface area contributed by atoms with Gasteiger partial charge in [-0.3, -0.25) is 14.4 Å². The molecule has 56 heavy (non-hydrogen) atoms. The van der Waals surface area contributed by atoms with Crippen LogP contribution in [0.5, 0.6) is 0 Å². The summed E-state index contributed by atoms with van der Waals surface area (Å²) in [6.07, 6.45) is 1.14. The number of carbonyl (C=O) groups is 5. The summed E-state index contributed by atoms with van der Waals surface area (Å²) in [5, 5.41) is 13.0. The topological polar surface area (TPSA) is 165 Å². The maximum absolute atomic E-state index is 13.8. The van der Waals surface area contributed by atoms with E-state index in [9.17, 15) is 29.1 Å². The predicted molar refractivity (Wildman–Crippen MR) is 220 cm³/mol. The summed E-state index contributed by atoms with van der Waals surface area (Å²) < 4.78 is 21.9. The maximum Gasteiger partial charge on any atom is 0.508 e. The van der Waals surface area contributed by atoms with Gasteiger partial charge < -0.3 is 28.8 Å². The van der Waals surface area contributed by atoms with Crippen LogP contribution in [-0.2, 0) is 44.7 Å². The number of esters is 1. The van der Waals surface area contributed by atoms with Gasteiger partial charge >= 0.3 is 18.3 Å². The number of hydrogen-bond acceptors (Lipinski definition) is 13. The van der Waals surface area contributed by atoms with Gasteiger partial charge in [0.15, 0.2) is 11.6 Å². The first-order chi connectivity index (χ1) is 25.5. The van der Waals surface area contributed by atoms with Crippen molar-refractivity contribution in [3.8, 4) is 0 Å². The van der Waals surface area contributed by atoms with Crippen molar-refractivity contribution in [3.05, 3.63) is 33.3 Å². The lowest BCUT2D eigenvalue weighted by Crippen LogP contribution is -2.45. The molecule has 1 aromatic heterocycles.